The van der Waals surface area contributed by atoms with E-state index in [1.165, 1.54) is 12.1 Å². The molecular weight excluding hydrogens is 280 g/mol. The fraction of sp³-hybridized carbons (Fsp3) is 0. The maximum absolute atomic E-state index is 12.2. The van der Waals surface area contributed by atoms with Gasteiger partial charge < -0.3 is 10.4 Å². The highest BCUT2D eigenvalue weighted by molar-refractivity contribution is 6.31. The van der Waals surface area contributed by atoms with E-state index in [4.69, 9.17) is 11.6 Å². The van der Waals surface area contributed by atoms with E-state index in [0.29, 0.717) is 20.3 Å². The first-order valence-electron chi connectivity index (χ1n) is 5.80. The predicted octanol–water partition coefficient (Wildman–Crippen LogP) is 1.90. The lowest BCUT2D eigenvalue weighted by molar-refractivity contribution is -0.672. The number of nitrogens with one attached hydrogen (secondary N) is 1. The van der Waals surface area contributed by atoms with Crippen LogP contribution in [-0.4, -0.2) is 5.10 Å². The summed E-state index contributed by atoms with van der Waals surface area (Å²) in [6, 6.07) is 13.4. The molecule has 0 radical (unpaired) electrons. The molecule has 0 amide bonds. The summed E-state index contributed by atoms with van der Waals surface area (Å²) >= 11 is 5.81. The van der Waals surface area contributed by atoms with Crippen molar-refractivity contribution in [3.05, 3.63) is 64.0 Å². The summed E-state index contributed by atoms with van der Waals surface area (Å²) in [7, 11) is 0. The third-order valence-corrected chi connectivity index (χ3v) is 3.01. The minimum Gasteiger partial charge on any atom is -0.739 e. The van der Waals surface area contributed by atoms with Crippen LogP contribution in [0.25, 0.3) is 11.0 Å². The zero-order valence-corrected chi connectivity index (χ0v) is 10.9. The Morgan fingerprint density at radius 3 is 2.50 bits per heavy atom. The van der Waals surface area contributed by atoms with Gasteiger partial charge in [-0.15, -0.1) is 0 Å². The first-order valence-corrected chi connectivity index (χ1v) is 6.18. The molecule has 1 N–H and O–H groups in total. The van der Waals surface area contributed by atoms with Crippen molar-refractivity contribution in [3.8, 4) is 0 Å². The van der Waals surface area contributed by atoms with Gasteiger partial charge in [-0.2, -0.15) is 0 Å². The zero-order valence-electron chi connectivity index (χ0n) is 10.2. The van der Waals surface area contributed by atoms with Crippen molar-refractivity contribution in [2.24, 2.45) is 0 Å². The van der Waals surface area contributed by atoms with Gasteiger partial charge in [0.05, 0.1) is 5.69 Å². The van der Waals surface area contributed by atoms with Crippen LogP contribution < -0.4 is 14.9 Å². The van der Waals surface area contributed by atoms with Crippen molar-refractivity contribution in [1.29, 1.82) is 0 Å². The number of halogens is 1. The Balaban J connectivity index is 2.13. The van der Waals surface area contributed by atoms with Crippen LogP contribution in [0.5, 0.6) is 0 Å². The number of aromatic nitrogens is 3. The van der Waals surface area contributed by atoms with Crippen LogP contribution in [0, 0.1) is 10.4 Å². The topological polar surface area (TPSA) is 78.8 Å². The first kappa shape index (κ1) is 12.4. The Morgan fingerprint density at radius 2 is 1.75 bits per heavy atom. The molecule has 1 aromatic heterocycles. The minimum atomic E-state index is -0.0963. The minimum absolute atomic E-state index is 0.0963. The number of nitrogens with zero attached hydrogens (tertiary/aromatic N) is 3. The van der Waals surface area contributed by atoms with E-state index in [1.54, 1.807) is 18.2 Å². The van der Waals surface area contributed by atoms with Crippen LogP contribution in [0.15, 0.2) is 48.5 Å². The molecule has 20 heavy (non-hydrogen) atoms. The molecule has 0 aliphatic heterocycles. The van der Waals surface area contributed by atoms with E-state index in [0.717, 1.165) is 0 Å². The number of hydrogen-bond acceptors (Lipinski definition) is 4. The van der Waals surface area contributed by atoms with Crippen molar-refractivity contribution >= 4 is 34.3 Å². The monoisotopic (exact) mass is 288 g/mol. The lowest BCUT2D eigenvalue weighted by Crippen LogP contribution is -2.43. The summed E-state index contributed by atoms with van der Waals surface area (Å²) < 4.78 is 0.563. The van der Waals surface area contributed by atoms with Crippen LogP contribution >= 0.6 is 11.6 Å². The van der Waals surface area contributed by atoms with Gasteiger partial charge >= 0.3 is 11.5 Å². The van der Waals surface area contributed by atoms with Gasteiger partial charge in [-0.25, -0.2) is 10.0 Å². The van der Waals surface area contributed by atoms with Crippen molar-refractivity contribution in [2.75, 3.05) is 5.32 Å². The van der Waals surface area contributed by atoms with Crippen molar-refractivity contribution in [1.82, 2.24) is 5.10 Å². The van der Waals surface area contributed by atoms with E-state index >= 15 is 0 Å². The van der Waals surface area contributed by atoms with Crippen LogP contribution in [0.3, 0.4) is 0 Å². The molecule has 0 atom stereocenters. The Hall–Kier alpha value is -2.60. The number of para-hydroxylation sites is 1. The van der Waals surface area contributed by atoms with E-state index < -0.39 is 0 Å². The predicted molar refractivity (Wildman–Crippen MR) is 74.4 cm³/mol. The first-order chi connectivity index (χ1) is 9.65. The molecule has 0 unspecified atom stereocenters. The van der Waals surface area contributed by atoms with Gasteiger partial charge in [-0.05, 0) is 24.3 Å². The molecule has 0 saturated heterocycles. The highest BCUT2D eigenvalue weighted by atomic mass is 35.5. The van der Waals surface area contributed by atoms with Crippen LogP contribution in [0.2, 0.25) is 5.02 Å². The molecule has 1 heterocycles. The average molecular weight is 289 g/mol. The number of anilines is 2. The number of benzene rings is 2. The van der Waals surface area contributed by atoms with E-state index in [2.05, 4.69) is 10.4 Å². The van der Waals surface area contributed by atoms with E-state index in [1.807, 2.05) is 18.2 Å². The largest absolute Gasteiger partial charge is 0.739 e. The second-order valence-electron chi connectivity index (χ2n) is 4.11. The summed E-state index contributed by atoms with van der Waals surface area (Å²) in [4.78, 5) is 0.376. The average Bonchev–Trinajstić information content (AvgIpc) is 2.45. The Labute approximate surface area is 119 Å². The lowest BCUT2D eigenvalue weighted by atomic mass is 10.3. The standard InChI is InChI=1S/C13H9ClN4O2/c14-9-6-7-11-12(8-9)18(20)16-13(17(11)19)15-10-4-2-1-3-5-10/h1-8H,(H,15,16). The highest BCUT2D eigenvalue weighted by Gasteiger charge is 2.20. The molecule has 0 fully saturated rings. The fourth-order valence-corrected chi connectivity index (χ4v) is 2.01. The van der Waals surface area contributed by atoms with Crippen molar-refractivity contribution < 1.29 is 9.58 Å². The van der Waals surface area contributed by atoms with Crippen LogP contribution in [-0.2, 0) is 0 Å². The Kier molecular flexibility index (Phi) is 3.00. The summed E-state index contributed by atoms with van der Waals surface area (Å²) in [5.74, 6) is -0.0963. The maximum Gasteiger partial charge on any atom is 0.465 e. The van der Waals surface area contributed by atoms with Gasteiger partial charge in [0.2, 0.25) is 5.10 Å². The molecule has 100 valence electrons. The molecule has 0 spiro atoms. The summed E-state index contributed by atoms with van der Waals surface area (Å²) in [5.41, 5.74) is 0.974. The fourth-order valence-electron chi connectivity index (χ4n) is 1.84. The SMILES string of the molecule is [O-][n+]1nc(Nc2ccccc2)[n+]([O-])c2ccc(Cl)cc21. The third-order valence-electron chi connectivity index (χ3n) is 2.77. The molecular formula is C13H9ClN4O2. The molecule has 3 aromatic rings. The lowest BCUT2D eigenvalue weighted by Gasteiger charge is -2.09. The summed E-state index contributed by atoms with van der Waals surface area (Å²) in [6.07, 6.45) is 0. The number of fused-ring (bicyclic) bond motifs is 1. The maximum atomic E-state index is 12.2. The second-order valence-corrected chi connectivity index (χ2v) is 4.55. The third kappa shape index (κ3) is 2.17. The van der Waals surface area contributed by atoms with Gasteiger partial charge in [0, 0.05) is 15.9 Å². The van der Waals surface area contributed by atoms with E-state index in [-0.39, 0.29) is 17.0 Å². The highest BCUT2D eigenvalue weighted by Crippen LogP contribution is 2.15. The second kappa shape index (κ2) is 4.82. The molecule has 3 rings (SSSR count). The normalized spacial score (nSPS) is 10.7. The molecule has 7 heteroatoms. The van der Waals surface area contributed by atoms with Crippen LogP contribution in [0.1, 0.15) is 0 Å². The Morgan fingerprint density at radius 1 is 1.00 bits per heavy atom. The van der Waals surface area contributed by atoms with Crippen molar-refractivity contribution in [2.45, 2.75) is 0 Å². The van der Waals surface area contributed by atoms with E-state index in [9.17, 15) is 10.4 Å². The molecule has 0 bridgehead atoms. The van der Waals surface area contributed by atoms with Gasteiger partial charge in [-0.1, -0.05) is 29.8 Å². The molecule has 0 aliphatic carbocycles. The van der Waals surface area contributed by atoms with Crippen LogP contribution in [0.4, 0.5) is 11.6 Å². The number of hydrogen-bond donors (Lipinski definition) is 1. The van der Waals surface area contributed by atoms with Gasteiger partial charge in [0.1, 0.15) is 0 Å². The zero-order chi connectivity index (χ0) is 14.1. The number of rotatable bonds is 2. The summed E-state index contributed by atoms with van der Waals surface area (Å²) in [5, 5.41) is 30.9. The smallest absolute Gasteiger partial charge is 0.465 e. The quantitative estimate of drug-likeness (QED) is 0.577. The van der Waals surface area contributed by atoms with Crippen molar-refractivity contribution in [3.63, 3.8) is 0 Å². The van der Waals surface area contributed by atoms with Gasteiger partial charge in [-0.3, -0.25) is 0 Å². The molecule has 0 saturated carbocycles. The molecule has 2 aromatic carbocycles. The molecule has 6 nitrogen and oxygen atoms in total. The van der Waals surface area contributed by atoms with Gasteiger partial charge in [0.25, 0.3) is 0 Å². The molecule has 0 aliphatic rings. The van der Waals surface area contributed by atoms with Gasteiger partial charge in [0.15, 0.2) is 5.52 Å². The Bertz CT molecular complexity index is 780. The summed E-state index contributed by atoms with van der Waals surface area (Å²) in [6.45, 7) is 0.